The first-order chi connectivity index (χ1) is 7.65. The number of halogens is 3. The van der Waals surface area contributed by atoms with Gasteiger partial charge < -0.3 is 0 Å². The van der Waals surface area contributed by atoms with Crippen LogP contribution in [0.4, 0.5) is 0 Å². The minimum atomic E-state index is 0.236. The molecule has 1 aromatic carbocycles. The maximum atomic E-state index is 5.87. The lowest BCUT2D eigenvalue weighted by Gasteiger charge is -2.02. The fraction of sp³-hybridized carbons (Fsp3) is 0.0909. The van der Waals surface area contributed by atoms with E-state index in [-0.39, 0.29) is 5.15 Å². The van der Waals surface area contributed by atoms with Gasteiger partial charge in [0, 0.05) is 10.9 Å². The maximum absolute atomic E-state index is 5.87. The Bertz CT molecular complexity index is 517. The summed E-state index contributed by atoms with van der Waals surface area (Å²) < 4.78 is 1.04. The predicted molar refractivity (Wildman–Crippen MR) is 69.0 cm³/mol. The van der Waals surface area contributed by atoms with Crippen molar-refractivity contribution in [1.82, 2.24) is 10.2 Å². The second-order valence-electron chi connectivity index (χ2n) is 3.28. The summed E-state index contributed by atoms with van der Waals surface area (Å²) in [5.74, 6) is 0. The summed E-state index contributed by atoms with van der Waals surface area (Å²) in [6, 6.07) is 9.74. The predicted octanol–water partition coefficient (Wildman–Crippen LogP) is 4.14. The first kappa shape index (κ1) is 11.8. The smallest absolute Gasteiger partial charge is 0.154 e. The van der Waals surface area contributed by atoms with Crippen LogP contribution < -0.4 is 0 Å². The Labute approximate surface area is 112 Å². The molecule has 0 N–H and O–H groups in total. The monoisotopic (exact) mass is 316 g/mol. The van der Waals surface area contributed by atoms with E-state index in [4.69, 9.17) is 23.2 Å². The molecule has 0 aliphatic rings. The van der Waals surface area contributed by atoms with Gasteiger partial charge in [0.2, 0.25) is 0 Å². The Morgan fingerprint density at radius 1 is 1.12 bits per heavy atom. The fourth-order valence-corrected chi connectivity index (χ4v) is 2.04. The first-order valence-corrected chi connectivity index (χ1v) is 6.12. The van der Waals surface area contributed by atoms with Gasteiger partial charge in [-0.15, -0.1) is 5.10 Å². The molecule has 2 rings (SSSR count). The van der Waals surface area contributed by atoms with Gasteiger partial charge in [0.05, 0.1) is 10.7 Å². The van der Waals surface area contributed by atoms with Crippen molar-refractivity contribution < 1.29 is 0 Å². The Balaban J connectivity index is 2.24. The van der Waals surface area contributed by atoms with Gasteiger partial charge in [0.15, 0.2) is 5.15 Å². The molecule has 0 fully saturated rings. The summed E-state index contributed by atoms with van der Waals surface area (Å²) in [4.78, 5) is 0. The van der Waals surface area contributed by atoms with Crippen LogP contribution in [-0.2, 0) is 6.42 Å². The summed E-state index contributed by atoms with van der Waals surface area (Å²) in [5.41, 5.74) is 1.94. The molecular formula is C11H7BrCl2N2. The molecule has 0 aliphatic carbocycles. The molecule has 0 unspecified atom stereocenters. The average molecular weight is 318 g/mol. The summed E-state index contributed by atoms with van der Waals surface area (Å²) in [5, 5.41) is 8.42. The largest absolute Gasteiger partial charge is 0.170 e. The molecule has 2 aromatic rings. The molecule has 2 nitrogen and oxygen atoms in total. The zero-order chi connectivity index (χ0) is 11.5. The van der Waals surface area contributed by atoms with E-state index in [1.165, 1.54) is 0 Å². The van der Waals surface area contributed by atoms with Crippen LogP contribution >= 0.6 is 39.1 Å². The highest BCUT2D eigenvalue weighted by molar-refractivity contribution is 9.10. The van der Waals surface area contributed by atoms with Crippen LogP contribution in [0, 0.1) is 0 Å². The molecular weight excluding hydrogens is 311 g/mol. The highest BCUT2D eigenvalue weighted by atomic mass is 79.9. The number of nitrogens with zero attached hydrogens (tertiary/aromatic N) is 2. The molecule has 0 atom stereocenters. The summed E-state index contributed by atoms with van der Waals surface area (Å²) >= 11 is 15.0. The van der Waals surface area contributed by atoms with Gasteiger partial charge in [-0.25, -0.2) is 0 Å². The quantitative estimate of drug-likeness (QED) is 0.832. The van der Waals surface area contributed by atoms with Crippen LogP contribution in [0.2, 0.25) is 10.2 Å². The lowest BCUT2D eigenvalue weighted by atomic mass is 10.1. The Morgan fingerprint density at radius 3 is 2.62 bits per heavy atom. The summed E-state index contributed by atoms with van der Waals surface area (Å²) in [7, 11) is 0. The van der Waals surface area contributed by atoms with Crippen molar-refractivity contribution in [3.05, 3.63) is 56.2 Å². The topological polar surface area (TPSA) is 25.8 Å². The van der Waals surface area contributed by atoms with Crippen LogP contribution in [0.15, 0.2) is 34.8 Å². The zero-order valence-corrected chi connectivity index (χ0v) is 11.2. The van der Waals surface area contributed by atoms with Crippen LogP contribution in [-0.4, -0.2) is 10.2 Å². The van der Waals surface area contributed by atoms with Crippen molar-refractivity contribution in [3.8, 4) is 0 Å². The fourth-order valence-electron chi connectivity index (χ4n) is 1.33. The molecule has 82 valence electrons. The van der Waals surface area contributed by atoms with Crippen molar-refractivity contribution in [2.24, 2.45) is 0 Å². The third kappa shape index (κ3) is 2.94. The first-order valence-electron chi connectivity index (χ1n) is 4.57. The minimum Gasteiger partial charge on any atom is -0.154 e. The molecule has 1 heterocycles. The van der Waals surface area contributed by atoms with E-state index in [2.05, 4.69) is 26.1 Å². The van der Waals surface area contributed by atoms with Crippen molar-refractivity contribution in [2.75, 3.05) is 0 Å². The number of hydrogen-bond acceptors (Lipinski definition) is 2. The Morgan fingerprint density at radius 2 is 1.94 bits per heavy atom. The molecule has 0 amide bonds. The van der Waals surface area contributed by atoms with E-state index < -0.39 is 0 Å². The van der Waals surface area contributed by atoms with E-state index >= 15 is 0 Å². The van der Waals surface area contributed by atoms with Crippen LogP contribution in [0.25, 0.3) is 0 Å². The molecule has 1 aromatic heterocycles. The van der Waals surface area contributed by atoms with Crippen molar-refractivity contribution in [1.29, 1.82) is 0 Å². The van der Waals surface area contributed by atoms with Gasteiger partial charge in [-0.2, -0.15) is 5.10 Å². The molecule has 0 aliphatic heterocycles. The SMILES string of the molecule is Clc1cc(Cc2cccc(Br)c2)nnc1Cl. The molecule has 0 bridgehead atoms. The van der Waals surface area contributed by atoms with Crippen molar-refractivity contribution >= 4 is 39.1 Å². The lowest BCUT2D eigenvalue weighted by molar-refractivity contribution is 0.937. The Kier molecular flexibility index (Phi) is 3.79. The van der Waals surface area contributed by atoms with E-state index in [0.717, 1.165) is 15.7 Å². The summed E-state index contributed by atoms with van der Waals surface area (Å²) in [6.07, 6.45) is 0.684. The Hall–Kier alpha value is -0.640. The van der Waals surface area contributed by atoms with E-state index in [0.29, 0.717) is 11.4 Å². The van der Waals surface area contributed by atoms with Gasteiger partial charge >= 0.3 is 0 Å². The van der Waals surface area contributed by atoms with Crippen LogP contribution in [0.5, 0.6) is 0 Å². The van der Waals surface area contributed by atoms with E-state index in [9.17, 15) is 0 Å². The second kappa shape index (κ2) is 5.13. The maximum Gasteiger partial charge on any atom is 0.170 e. The van der Waals surface area contributed by atoms with E-state index in [1.807, 2.05) is 24.3 Å². The zero-order valence-electron chi connectivity index (χ0n) is 8.12. The van der Waals surface area contributed by atoms with Crippen LogP contribution in [0.1, 0.15) is 11.3 Å². The standard InChI is InChI=1S/C11H7BrCl2N2/c12-8-3-1-2-7(4-8)5-9-6-10(13)11(14)16-15-9/h1-4,6H,5H2. The van der Waals surface area contributed by atoms with Crippen molar-refractivity contribution in [2.45, 2.75) is 6.42 Å². The number of benzene rings is 1. The third-order valence-electron chi connectivity index (χ3n) is 2.03. The lowest BCUT2D eigenvalue weighted by Crippen LogP contribution is -1.95. The number of hydrogen-bond donors (Lipinski definition) is 0. The van der Waals surface area contributed by atoms with Gasteiger partial charge in [-0.1, -0.05) is 51.3 Å². The van der Waals surface area contributed by atoms with Crippen LogP contribution in [0.3, 0.4) is 0 Å². The molecule has 0 saturated heterocycles. The highest BCUT2D eigenvalue weighted by Crippen LogP contribution is 2.20. The highest BCUT2D eigenvalue weighted by Gasteiger charge is 2.04. The molecule has 0 saturated carbocycles. The van der Waals surface area contributed by atoms with E-state index in [1.54, 1.807) is 6.07 Å². The second-order valence-corrected chi connectivity index (χ2v) is 4.96. The van der Waals surface area contributed by atoms with Gasteiger partial charge in [-0.3, -0.25) is 0 Å². The van der Waals surface area contributed by atoms with Gasteiger partial charge in [0.1, 0.15) is 0 Å². The third-order valence-corrected chi connectivity index (χ3v) is 3.19. The van der Waals surface area contributed by atoms with Crippen molar-refractivity contribution in [3.63, 3.8) is 0 Å². The molecule has 5 heteroatoms. The molecule has 0 radical (unpaired) electrons. The van der Waals surface area contributed by atoms with Gasteiger partial charge in [-0.05, 0) is 23.8 Å². The van der Waals surface area contributed by atoms with Gasteiger partial charge in [0.25, 0.3) is 0 Å². The normalized spacial score (nSPS) is 10.4. The number of aromatic nitrogens is 2. The molecule has 16 heavy (non-hydrogen) atoms. The summed E-state index contributed by atoms with van der Waals surface area (Å²) in [6.45, 7) is 0. The molecule has 0 spiro atoms. The average Bonchev–Trinajstić information content (AvgIpc) is 2.24. The minimum absolute atomic E-state index is 0.236. The number of rotatable bonds is 2.